The Balaban J connectivity index is 1.63. The van der Waals surface area contributed by atoms with E-state index in [1.54, 1.807) is 0 Å². The summed E-state index contributed by atoms with van der Waals surface area (Å²) in [6, 6.07) is 9.42. The van der Waals surface area contributed by atoms with Gasteiger partial charge in [0.15, 0.2) is 4.84 Å². The normalized spacial score (nSPS) is 14.6. The van der Waals surface area contributed by atoms with Gasteiger partial charge >= 0.3 is 0 Å². The van der Waals surface area contributed by atoms with Gasteiger partial charge in [0.2, 0.25) is 0 Å². The van der Waals surface area contributed by atoms with E-state index in [4.69, 9.17) is 23.2 Å². The maximum atomic E-state index is 12.6. The third-order valence-corrected chi connectivity index (χ3v) is 5.13. The minimum Gasteiger partial charge on any atom is -0.368 e. The molecule has 1 saturated heterocycles. The molecular formula is C19H22Cl2N4O2. The van der Waals surface area contributed by atoms with Crippen LogP contribution < -0.4 is 10.2 Å². The van der Waals surface area contributed by atoms with Gasteiger partial charge in [-0.05, 0) is 42.8 Å². The summed E-state index contributed by atoms with van der Waals surface area (Å²) in [6.07, 6.45) is 1.88. The van der Waals surface area contributed by atoms with Gasteiger partial charge in [-0.1, -0.05) is 23.2 Å². The molecule has 3 rings (SSSR count). The second-order valence-corrected chi connectivity index (χ2v) is 7.67. The third kappa shape index (κ3) is 4.39. The first-order valence-electron chi connectivity index (χ1n) is 8.72. The first-order chi connectivity index (χ1) is 12.9. The van der Waals surface area contributed by atoms with Crippen LogP contribution in [0.3, 0.4) is 0 Å². The number of piperazine rings is 1. The molecule has 1 aromatic carbocycles. The molecule has 0 bridgehead atoms. The zero-order valence-electron chi connectivity index (χ0n) is 15.3. The van der Waals surface area contributed by atoms with Crippen LogP contribution in [0, 0.1) is 6.92 Å². The molecule has 1 N–H and O–H groups in total. The van der Waals surface area contributed by atoms with Crippen molar-refractivity contribution in [1.29, 1.82) is 0 Å². The van der Waals surface area contributed by atoms with Gasteiger partial charge < -0.3 is 19.7 Å². The van der Waals surface area contributed by atoms with Crippen LogP contribution in [0.25, 0.3) is 0 Å². The van der Waals surface area contributed by atoms with Gasteiger partial charge in [0.25, 0.3) is 11.8 Å². The third-order valence-electron chi connectivity index (χ3n) is 4.73. The number of rotatable bonds is 4. The fraction of sp³-hybridized carbons (Fsp3) is 0.368. The summed E-state index contributed by atoms with van der Waals surface area (Å²) in [7, 11) is 1.88. The van der Waals surface area contributed by atoms with Crippen molar-refractivity contribution in [2.75, 3.05) is 36.4 Å². The zero-order chi connectivity index (χ0) is 19.6. The van der Waals surface area contributed by atoms with E-state index in [2.05, 4.69) is 10.2 Å². The number of amides is 2. The standard InChI is InChI=1S/C19H22Cl2N4O2/c1-13-12-14(22-18(26)17(20)21)5-6-15(13)24-8-10-25(11-9-24)19(27)16-4-3-7-23(16)2/h3-7,12,17H,8-11H2,1-2H3,(H,22,26). The van der Waals surface area contributed by atoms with Gasteiger partial charge in [0, 0.05) is 50.8 Å². The average Bonchev–Trinajstić information content (AvgIpc) is 3.07. The van der Waals surface area contributed by atoms with Crippen LogP contribution in [0.15, 0.2) is 36.5 Å². The van der Waals surface area contributed by atoms with E-state index in [0.717, 1.165) is 24.3 Å². The lowest BCUT2D eigenvalue weighted by Gasteiger charge is -2.37. The van der Waals surface area contributed by atoms with Crippen molar-refractivity contribution in [3.63, 3.8) is 0 Å². The maximum absolute atomic E-state index is 12.6. The van der Waals surface area contributed by atoms with Gasteiger partial charge in [-0.2, -0.15) is 0 Å². The van der Waals surface area contributed by atoms with Gasteiger partial charge in [-0.25, -0.2) is 0 Å². The molecule has 2 aromatic rings. The highest BCUT2D eigenvalue weighted by Crippen LogP contribution is 2.25. The van der Waals surface area contributed by atoms with Gasteiger partial charge in [0.1, 0.15) is 5.69 Å². The Morgan fingerprint density at radius 1 is 1.11 bits per heavy atom. The smallest absolute Gasteiger partial charge is 0.270 e. The lowest BCUT2D eigenvalue weighted by molar-refractivity contribution is -0.114. The Labute approximate surface area is 168 Å². The minimum atomic E-state index is -1.10. The number of aromatic nitrogens is 1. The number of anilines is 2. The fourth-order valence-corrected chi connectivity index (χ4v) is 3.39. The Bertz CT molecular complexity index is 842. The maximum Gasteiger partial charge on any atom is 0.270 e. The van der Waals surface area contributed by atoms with Gasteiger partial charge in [-0.15, -0.1) is 0 Å². The number of nitrogens with zero attached hydrogens (tertiary/aromatic N) is 3. The van der Waals surface area contributed by atoms with E-state index >= 15 is 0 Å². The topological polar surface area (TPSA) is 57.6 Å². The van der Waals surface area contributed by atoms with E-state index in [9.17, 15) is 9.59 Å². The van der Waals surface area contributed by atoms with Gasteiger partial charge in [0.05, 0.1) is 0 Å². The number of halogens is 2. The number of hydrogen-bond donors (Lipinski definition) is 1. The van der Waals surface area contributed by atoms with E-state index in [1.165, 1.54) is 0 Å². The van der Waals surface area contributed by atoms with E-state index in [-0.39, 0.29) is 5.91 Å². The van der Waals surface area contributed by atoms with Crippen LogP contribution in [-0.2, 0) is 11.8 Å². The van der Waals surface area contributed by atoms with Crippen molar-refractivity contribution in [2.24, 2.45) is 7.05 Å². The predicted molar refractivity (Wildman–Crippen MR) is 109 cm³/mol. The summed E-state index contributed by atoms with van der Waals surface area (Å²) < 4.78 is 1.85. The van der Waals surface area contributed by atoms with Crippen LogP contribution in [0.5, 0.6) is 0 Å². The average molecular weight is 409 g/mol. The van der Waals surface area contributed by atoms with Crippen molar-refractivity contribution in [3.8, 4) is 0 Å². The molecule has 1 fully saturated rings. The molecule has 0 saturated carbocycles. The van der Waals surface area contributed by atoms with E-state index in [1.807, 2.05) is 60.0 Å². The number of aryl methyl sites for hydroxylation is 2. The molecule has 0 spiro atoms. The number of benzene rings is 1. The van der Waals surface area contributed by atoms with Gasteiger partial charge in [-0.3, -0.25) is 9.59 Å². The lowest BCUT2D eigenvalue weighted by atomic mass is 10.1. The van der Waals surface area contributed by atoms with Crippen LogP contribution in [0.2, 0.25) is 0 Å². The molecule has 27 heavy (non-hydrogen) atoms. The predicted octanol–water partition coefficient (Wildman–Crippen LogP) is 3.04. The van der Waals surface area contributed by atoms with E-state index < -0.39 is 10.7 Å². The fourth-order valence-electron chi connectivity index (χ4n) is 3.28. The van der Waals surface area contributed by atoms with Crippen LogP contribution in [-0.4, -0.2) is 52.3 Å². The van der Waals surface area contributed by atoms with Crippen LogP contribution in [0.4, 0.5) is 11.4 Å². The van der Waals surface area contributed by atoms with Crippen molar-refractivity contribution >= 4 is 46.4 Å². The summed E-state index contributed by atoms with van der Waals surface area (Å²) in [5.41, 5.74) is 3.49. The molecule has 2 amide bonds. The van der Waals surface area contributed by atoms with E-state index in [0.29, 0.717) is 24.5 Å². The Kier molecular flexibility index (Phi) is 5.97. The summed E-state index contributed by atoms with van der Waals surface area (Å²) >= 11 is 11.1. The molecule has 1 aromatic heterocycles. The number of alkyl halides is 2. The molecular weight excluding hydrogens is 387 g/mol. The molecule has 2 heterocycles. The quantitative estimate of drug-likeness (QED) is 0.790. The number of carbonyl (C=O) groups is 2. The van der Waals surface area contributed by atoms with Crippen LogP contribution in [0.1, 0.15) is 16.1 Å². The molecule has 0 atom stereocenters. The second-order valence-electron chi connectivity index (χ2n) is 6.57. The SMILES string of the molecule is Cc1cc(NC(=O)C(Cl)Cl)ccc1N1CCN(C(=O)c2cccn2C)CC1. The monoisotopic (exact) mass is 408 g/mol. The van der Waals surface area contributed by atoms with Crippen molar-refractivity contribution in [2.45, 2.75) is 11.8 Å². The molecule has 1 aliphatic heterocycles. The molecule has 0 aliphatic carbocycles. The molecule has 0 unspecified atom stereocenters. The second kappa shape index (κ2) is 8.23. The lowest BCUT2D eigenvalue weighted by Crippen LogP contribution is -2.49. The van der Waals surface area contributed by atoms with Crippen LogP contribution >= 0.6 is 23.2 Å². The largest absolute Gasteiger partial charge is 0.368 e. The van der Waals surface area contributed by atoms with Crippen molar-refractivity contribution < 1.29 is 9.59 Å². The molecule has 144 valence electrons. The highest BCUT2D eigenvalue weighted by molar-refractivity contribution is 6.54. The molecule has 6 nitrogen and oxygen atoms in total. The number of hydrogen-bond acceptors (Lipinski definition) is 3. The van der Waals surface area contributed by atoms with Crippen molar-refractivity contribution in [1.82, 2.24) is 9.47 Å². The summed E-state index contributed by atoms with van der Waals surface area (Å²) in [5, 5.41) is 2.68. The summed E-state index contributed by atoms with van der Waals surface area (Å²) in [5.74, 6) is -0.382. The Hall–Kier alpha value is -2.18. The number of carbonyl (C=O) groups excluding carboxylic acids is 2. The number of nitrogens with one attached hydrogen (secondary N) is 1. The first-order valence-corrected chi connectivity index (χ1v) is 9.59. The zero-order valence-corrected chi connectivity index (χ0v) is 16.8. The Morgan fingerprint density at radius 2 is 1.81 bits per heavy atom. The Morgan fingerprint density at radius 3 is 2.37 bits per heavy atom. The van der Waals surface area contributed by atoms with Crippen molar-refractivity contribution in [3.05, 3.63) is 47.8 Å². The minimum absolute atomic E-state index is 0.0636. The highest BCUT2D eigenvalue weighted by Gasteiger charge is 2.24. The highest BCUT2D eigenvalue weighted by atomic mass is 35.5. The summed E-state index contributed by atoms with van der Waals surface area (Å²) in [4.78, 5) is 27.3. The molecule has 0 radical (unpaired) electrons. The summed E-state index contributed by atoms with van der Waals surface area (Å²) in [6.45, 7) is 4.85. The molecule has 8 heteroatoms. The molecule has 1 aliphatic rings. The first kappa shape index (κ1) is 19.6.